The number of nitrogens with zero attached hydrogens (tertiary/aromatic N) is 1. The minimum atomic E-state index is 1.09. The standard InChI is InChI=1S/C16H15N/c1-2-7-12-8-6-11-15-16(12)13-9-4-3-5-10-14(13)17-15/h3-6,8-11H,2,7H2,1H3. The topological polar surface area (TPSA) is 12.9 Å². The van der Waals surface area contributed by atoms with Crippen LogP contribution < -0.4 is 0 Å². The minimum absolute atomic E-state index is 1.09. The summed E-state index contributed by atoms with van der Waals surface area (Å²) in [5.41, 5.74) is 4.90. The van der Waals surface area contributed by atoms with Gasteiger partial charge in [0.15, 0.2) is 0 Å². The quantitative estimate of drug-likeness (QED) is 0.629. The molecule has 0 radical (unpaired) electrons. The molecule has 1 aliphatic carbocycles. The first-order valence-corrected chi connectivity index (χ1v) is 6.16. The third-order valence-electron chi connectivity index (χ3n) is 3.17. The van der Waals surface area contributed by atoms with Crippen LogP contribution in [0.2, 0.25) is 0 Å². The lowest BCUT2D eigenvalue weighted by Gasteiger charge is -2.01. The number of fused-ring (bicyclic) bond motifs is 3. The summed E-state index contributed by atoms with van der Waals surface area (Å²) < 4.78 is 0. The first-order valence-electron chi connectivity index (χ1n) is 6.16. The zero-order valence-corrected chi connectivity index (χ0v) is 9.98. The Balaban J connectivity index is 2.37. The maximum Gasteiger partial charge on any atom is 0.0719 e. The second kappa shape index (κ2) is 4.17. The molecule has 1 aliphatic heterocycles. The fourth-order valence-electron chi connectivity index (χ4n) is 2.44. The second-order valence-electron chi connectivity index (χ2n) is 4.38. The molecular formula is C16H15N. The Morgan fingerprint density at radius 2 is 1.82 bits per heavy atom. The van der Waals surface area contributed by atoms with Crippen molar-refractivity contribution in [2.45, 2.75) is 19.8 Å². The largest absolute Gasteiger partial charge is 0.248 e. The van der Waals surface area contributed by atoms with E-state index in [0.29, 0.717) is 0 Å². The normalized spacial score (nSPS) is 11.1. The summed E-state index contributed by atoms with van der Waals surface area (Å²) >= 11 is 0. The molecular weight excluding hydrogens is 206 g/mol. The van der Waals surface area contributed by atoms with Gasteiger partial charge < -0.3 is 0 Å². The predicted octanol–water partition coefficient (Wildman–Crippen LogP) is 4.29. The summed E-state index contributed by atoms with van der Waals surface area (Å²) in [6.45, 7) is 2.22. The molecule has 0 bridgehead atoms. The highest BCUT2D eigenvalue weighted by atomic mass is 14.7. The van der Waals surface area contributed by atoms with E-state index in [1.54, 1.807) is 0 Å². The van der Waals surface area contributed by atoms with Gasteiger partial charge in [0, 0.05) is 10.9 Å². The molecule has 17 heavy (non-hydrogen) atoms. The zero-order valence-electron chi connectivity index (χ0n) is 9.98. The Kier molecular flexibility index (Phi) is 2.52. The van der Waals surface area contributed by atoms with Crippen molar-refractivity contribution in [3.8, 4) is 11.3 Å². The van der Waals surface area contributed by atoms with Crippen LogP contribution in [0.5, 0.6) is 0 Å². The maximum absolute atomic E-state index is 4.70. The van der Waals surface area contributed by atoms with Crippen molar-refractivity contribution in [2.75, 3.05) is 0 Å². The molecule has 3 rings (SSSR count). The molecule has 0 N–H and O–H groups in total. The monoisotopic (exact) mass is 221 g/mol. The lowest BCUT2D eigenvalue weighted by Crippen LogP contribution is -1.84. The molecule has 0 spiro atoms. The van der Waals surface area contributed by atoms with Gasteiger partial charge in [0.05, 0.1) is 11.2 Å². The minimum Gasteiger partial charge on any atom is -0.248 e. The Morgan fingerprint density at radius 1 is 0.941 bits per heavy atom. The smallest absolute Gasteiger partial charge is 0.0719 e. The van der Waals surface area contributed by atoms with E-state index in [2.05, 4.69) is 49.4 Å². The lowest BCUT2D eigenvalue weighted by atomic mass is 10.0. The van der Waals surface area contributed by atoms with Crippen molar-refractivity contribution >= 4 is 10.9 Å². The SMILES string of the molecule is CCCc1cccc2nc3cccccc-3c12. The van der Waals surface area contributed by atoms with Crippen LogP contribution in [0, 0.1) is 0 Å². The third-order valence-corrected chi connectivity index (χ3v) is 3.17. The van der Waals surface area contributed by atoms with Gasteiger partial charge in [0.1, 0.15) is 0 Å². The van der Waals surface area contributed by atoms with Crippen molar-refractivity contribution in [2.24, 2.45) is 0 Å². The van der Waals surface area contributed by atoms with E-state index in [4.69, 9.17) is 4.98 Å². The lowest BCUT2D eigenvalue weighted by molar-refractivity contribution is 0.930. The van der Waals surface area contributed by atoms with Crippen molar-refractivity contribution < 1.29 is 0 Å². The summed E-state index contributed by atoms with van der Waals surface area (Å²) in [6, 6.07) is 16.9. The number of aryl methyl sites for hydroxylation is 1. The van der Waals surface area contributed by atoms with Gasteiger partial charge in [0.25, 0.3) is 0 Å². The van der Waals surface area contributed by atoms with Crippen molar-refractivity contribution in [1.29, 1.82) is 0 Å². The Hall–Kier alpha value is -1.89. The van der Waals surface area contributed by atoms with Gasteiger partial charge in [-0.25, -0.2) is 4.98 Å². The highest BCUT2D eigenvalue weighted by molar-refractivity contribution is 5.99. The van der Waals surface area contributed by atoms with Gasteiger partial charge in [-0.1, -0.05) is 49.7 Å². The molecule has 0 amide bonds. The molecule has 1 aromatic rings. The van der Waals surface area contributed by atoms with Crippen LogP contribution in [0.25, 0.3) is 22.2 Å². The fraction of sp³-hybridized carbons (Fsp3) is 0.188. The molecule has 0 unspecified atom stereocenters. The summed E-state index contributed by atoms with van der Waals surface area (Å²) in [5, 5.41) is 1.33. The van der Waals surface area contributed by atoms with E-state index in [0.717, 1.165) is 17.6 Å². The average Bonchev–Trinajstić information content (AvgIpc) is 2.54. The predicted molar refractivity (Wildman–Crippen MR) is 72.4 cm³/mol. The number of hydrogen-bond donors (Lipinski definition) is 0. The van der Waals surface area contributed by atoms with Crippen LogP contribution in [0.1, 0.15) is 18.9 Å². The van der Waals surface area contributed by atoms with Crippen LogP contribution in [0.15, 0.2) is 48.5 Å². The highest BCUT2D eigenvalue weighted by Crippen LogP contribution is 2.32. The van der Waals surface area contributed by atoms with E-state index in [1.165, 1.54) is 22.9 Å². The molecule has 1 heterocycles. The Labute approximate surface area is 101 Å². The van der Waals surface area contributed by atoms with Crippen molar-refractivity contribution in [1.82, 2.24) is 4.98 Å². The summed E-state index contributed by atoms with van der Waals surface area (Å²) in [5.74, 6) is 0. The van der Waals surface area contributed by atoms with E-state index in [1.807, 2.05) is 6.07 Å². The van der Waals surface area contributed by atoms with Gasteiger partial charge in [-0.2, -0.15) is 0 Å². The number of hydrogen-bond acceptors (Lipinski definition) is 1. The van der Waals surface area contributed by atoms with Gasteiger partial charge in [-0.05, 0) is 24.1 Å². The molecule has 0 saturated heterocycles. The average molecular weight is 221 g/mol. The molecule has 0 atom stereocenters. The molecule has 1 heteroatoms. The molecule has 1 nitrogen and oxygen atoms in total. The van der Waals surface area contributed by atoms with Crippen LogP contribution in [0.3, 0.4) is 0 Å². The van der Waals surface area contributed by atoms with Crippen molar-refractivity contribution in [3.05, 3.63) is 54.1 Å². The molecule has 1 aromatic carbocycles. The molecule has 0 aromatic heterocycles. The summed E-state index contributed by atoms with van der Waals surface area (Å²) in [4.78, 5) is 4.70. The van der Waals surface area contributed by atoms with Crippen molar-refractivity contribution in [3.63, 3.8) is 0 Å². The number of aromatic nitrogens is 1. The second-order valence-corrected chi connectivity index (χ2v) is 4.38. The molecule has 0 fully saturated rings. The molecule has 0 saturated carbocycles. The number of benzene rings is 1. The van der Waals surface area contributed by atoms with Crippen LogP contribution in [-0.4, -0.2) is 4.98 Å². The fourth-order valence-corrected chi connectivity index (χ4v) is 2.44. The van der Waals surface area contributed by atoms with Crippen LogP contribution >= 0.6 is 0 Å². The van der Waals surface area contributed by atoms with E-state index >= 15 is 0 Å². The Bertz CT molecular complexity index is 628. The summed E-state index contributed by atoms with van der Waals surface area (Å²) in [7, 11) is 0. The molecule has 2 aliphatic rings. The van der Waals surface area contributed by atoms with Gasteiger partial charge >= 0.3 is 0 Å². The number of rotatable bonds is 2. The maximum atomic E-state index is 4.70. The summed E-state index contributed by atoms with van der Waals surface area (Å²) in [6.07, 6.45) is 2.29. The van der Waals surface area contributed by atoms with E-state index < -0.39 is 0 Å². The Morgan fingerprint density at radius 3 is 2.71 bits per heavy atom. The molecule has 84 valence electrons. The first-order chi connectivity index (χ1) is 8.40. The highest BCUT2D eigenvalue weighted by Gasteiger charge is 2.12. The first kappa shape index (κ1) is 10.3. The van der Waals surface area contributed by atoms with Gasteiger partial charge in [0.2, 0.25) is 0 Å². The van der Waals surface area contributed by atoms with E-state index in [-0.39, 0.29) is 0 Å². The van der Waals surface area contributed by atoms with E-state index in [9.17, 15) is 0 Å². The van der Waals surface area contributed by atoms with Gasteiger partial charge in [-0.3, -0.25) is 0 Å². The van der Waals surface area contributed by atoms with Gasteiger partial charge in [-0.15, -0.1) is 0 Å². The van der Waals surface area contributed by atoms with Crippen LogP contribution in [-0.2, 0) is 6.42 Å². The third kappa shape index (κ3) is 1.68. The zero-order chi connectivity index (χ0) is 11.7. The van der Waals surface area contributed by atoms with Crippen LogP contribution in [0.4, 0.5) is 0 Å².